The van der Waals surface area contributed by atoms with Crippen LogP contribution >= 0.6 is 0 Å². The summed E-state index contributed by atoms with van der Waals surface area (Å²) in [6.45, 7) is 5.51. The van der Waals surface area contributed by atoms with Crippen molar-refractivity contribution in [2.24, 2.45) is 0 Å². The molecule has 2 N–H and O–H groups in total. The Labute approximate surface area is 137 Å². The number of carbonyl (C=O) groups excluding carboxylic acids is 4. The minimum absolute atomic E-state index is 0. The molecule has 0 saturated carbocycles. The van der Waals surface area contributed by atoms with Gasteiger partial charge in [0.25, 0.3) is 0 Å². The lowest BCUT2D eigenvalue weighted by molar-refractivity contribution is -0.144. The Balaban J connectivity index is -0.00000141. The zero-order chi connectivity index (χ0) is 18.3. The van der Waals surface area contributed by atoms with Crippen molar-refractivity contribution in [1.29, 1.82) is 0 Å². The Morgan fingerprint density at radius 2 is 1.65 bits per heavy atom. The average molecular weight is 336 g/mol. The zero-order valence-corrected chi connectivity index (χ0v) is 14.3. The molecule has 0 radical (unpaired) electrons. The number of amides is 2. The van der Waals surface area contributed by atoms with Gasteiger partial charge in [0.2, 0.25) is 0 Å². The summed E-state index contributed by atoms with van der Waals surface area (Å²) in [6, 6.07) is -1.76. The molecule has 2 amide bonds. The molecule has 0 fully saturated rings. The van der Waals surface area contributed by atoms with Gasteiger partial charge < -0.3 is 24.8 Å². The van der Waals surface area contributed by atoms with Crippen LogP contribution in [0, 0.1) is 0 Å². The molecule has 9 heteroatoms. The second-order valence-corrected chi connectivity index (χ2v) is 3.82. The molecule has 0 aliphatic carbocycles. The summed E-state index contributed by atoms with van der Waals surface area (Å²) in [4.78, 5) is 45.1. The van der Waals surface area contributed by atoms with Crippen molar-refractivity contribution in [3.8, 4) is 0 Å². The van der Waals surface area contributed by atoms with Crippen molar-refractivity contribution in [2.75, 3.05) is 27.4 Å². The van der Waals surface area contributed by atoms with E-state index in [2.05, 4.69) is 24.8 Å². The van der Waals surface area contributed by atoms with Gasteiger partial charge in [0, 0.05) is 7.85 Å². The van der Waals surface area contributed by atoms with Crippen molar-refractivity contribution in [3.63, 3.8) is 0 Å². The lowest BCUT2D eigenvalue weighted by Crippen LogP contribution is -2.47. The van der Waals surface area contributed by atoms with Crippen LogP contribution in [0.4, 0.5) is 4.79 Å². The van der Waals surface area contributed by atoms with Gasteiger partial charge in [0.15, 0.2) is 0 Å². The number of nitrogens with one attached hydrogen (secondary N) is 2. The number of rotatable bonds is 8. The van der Waals surface area contributed by atoms with E-state index < -0.39 is 30.0 Å². The van der Waals surface area contributed by atoms with Crippen LogP contribution in [0.15, 0.2) is 0 Å². The molecule has 1 atom stereocenters. The van der Waals surface area contributed by atoms with Gasteiger partial charge in [-0.25, -0.2) is 9.59 Å². The normalized spacial score (nSPS) is 10.3. The third-order valence-corrected chi connectivity index (χ3v) is 2.35. The summed E-state index contributed by atoms with van der Waals surface area (Å²) in [5.74, 6) is -1.82. The lowest BCUT2D eigenvalue weighted by atomic mass is 10.1. The van der Waals surface area contributed by atoms with Gasteiger partial charge in [-0.2, -0.15) is 0 Å². The Kier molecular flexibility index (Phi) is 14.6. The van der Waals surface area contributed by atoms with E-state index in [4.69, 9.17) is 0 Å². The molecule has 0 saturated heterocycles. The summed E-state index contributed by atoms with van der Waals surface area (Å²) in [5.41, 5.74) is 0. The van der Waals surface area contributed by atoms with Crippen LogP contribution in [0.5, 0.6) is 0 Å². The van der Waals surface area contributed by atoms with E-state index in [0.29, 0.717) is 0 Å². The quantitative estimate of drug-likeness (QED) is 0.492. The topological polar surface area (TPSA) is 120 Å². The highest BCUT2D eigenvalue weighted by molar-refractivity contribution is 5.86. The second kappa shape index (κ2) is 14.6. The monoisotopic (exact) mass is 336 g/mol. The number of ether oxygens (including phenoxy) is 3. The van der Waals surface area contributed by atoms with E-state index in [1.54, 1.807) is 6.92 Å². The maximum atomic E-state index is 11.5. The molecule has 0 bridgehead atoms. The lowest BCUT2D eigenvalue weighted by Gasteiger charge is -2.16. The zero-order valence-electron chi connectivity index (χ0n) is 14.3. The third kappa shape index (κ3) is 12.0. The predicted molar refractivity (Wildman–Crippen MR) is 83.7 cm³/mol. The molecular formula is C14H28N2O7. The largest absolute Gasteiger partial charge is 0.469 e. The molecule has 9 nitrogen and oxygen atoms in total. The van der Waals surface area contributed by atoms with Crippen LogP contribution in [0.25, 0.3) is 0 Å². The Bertz CT molecular complexity index is 391. The first-order valence-corrected chi connectivity index (χ1v) is 7.29. The molecular weight excluding hydrogens is 308 g/mol. The summed E-state index contributed by atoms with van der Waals surface area (Å²) >= 11 is 0. The first-order chi connectivity index (χ1) is 10.9. The smallest absolute Gasteiger partial charge is 0.328 e. The third-order valence-electron chi connectivity index (χ3n) is 2.35. The molecule has 0 aromatic rings. The van der Waals surface area contributed by atoms with Crippen LogP contribution in [-0.4, -0.2) is 57.4 Å². The maximum Gasteiger partial charge on any atom is 0.328 e. The van der Waals surface area contributed by atoms with Gasteiger partial charge in [0.05, 0.1) is 20.8 Å². The first-order valence-electron chi connectivity index (χ1n) is 7.29. The van der Waals surface area contributed by atoms with Crippen LogP contribution in [0.2, 0.25) is 0 Å². The van der Waals surface area contributed by atoms with Gasteiger partial charge >= 0.3 is 23.9 Å². The molecule has 0 aromatic heterocycles. The molecule has 0 rings (SSSR count). The van der Waals surface area contributed by atoms with Gasteiger partial charge in [-0.05, 0) is 13.3 Å². The minimum atomic E-state index is -1.02. The predicted octanol–water partition coefficient (Wildman–Crippen LogP) is 0.616. The second-order valence-electron chi connectivity index (χ2n) is 3.82. The molecule has 0 aromatic carbocycles. The Morgan fingerprint density at radius 1 is 1.04 bits per heavy atom. The molecule has 136 valence electrons. The molecule has 0 heterocycles. The van der Waals surface area contributed by atoms with Crippen molar-refractivity contribution in [3.05, 3.63) is 0 Å². The number of urea groups is 1. The van der Waals surface area contributed by atoms with Crippen LogP contribution < -0.4 is 10.6 Å². The standard InChI is InChI=1S/C12H20N2O7.C2H6.H2/c1-4-21-10(16)7-13-12(18)14-8(11(17)20-3)5-6-9(15)19-2;1-2;/h8H,4-7H2,1-3H3,(H2,13,14,18);1-2H3;1H/t8-;;/m0../s1. The maximum absolute atomic E-state index is 11.5. The van der Waals surface area contributed by atoms with Gasteiger partial charge in [-0.3, -0.25) is 9.59 Å². The summed E-state index contributed by atoms with van der Waals surface area (Å²) in [7, 11) is 2.38. The summed E-state index contributed by atoms with van der Waals surface area (Å²) < 4.78 is 13.6. The van der Waals surface area contributed by atoms with Gasteiger partial charge in [0.1, 0.15) is 12.6 Å². The highest BCUT2D eigenvalue weighted by atomic mass is 16.5. The van der Waals surface area contributed by atoms with E-state index >= 15 is 0 Å². The first kappa shape index (κ1) is 23.0. The van der Waals surface area contributed by atoms with E-state index in [-0.39, 0.29) is 27.4 Å². The van der Waals surface area contributed by atoms with E-state index in [0.717, 1.165) is 7.11 Å². The molecule has 23 heavy (non-hydrogen) atoms. The summed E-state index contributed by atoms with van der Waals surface area (Å²) in [6.07, 6.45) is -0.0411. The SMILES string of the molecule is CC.CCOC(=O)CNC(=O)N[C@@H](CCC(=O)OC)C(=O)OC.[HH]. The number of esters is 3. The number of hydrogen-bond donors (Lipinski definition) is 2. The fourth-order valence-electron chi connectivity index (χ4n) is 1.33. The number of methoxy groups -OCH3 is 2. The van der Waals surface area contributed by atoms with Crippen LogP contribution in [0.1, 0.15) is 35.0 Å². The fraction of sp³-hybridized carbons (Fsp3) is 0.714. The minimum Gasteiger partial charge on any atom is -0.469 e. The Morgan fingerprint density at radius 3 is 2.13 bits per heavy atom. The van der Waals surface area contributed by atoms with Crippen molar-refractivity contribution in [1.82, 2.24) is 10.6 Å². The highest BCUT2D eigenvalue weighted by Gasteiger charge is 2.22. The van der Waals surface area contributed by atoms with Gasteiger partial charge in [-0.1, -0.05) is 13.8 Å². The van der Waals surface area contributed by atoms with Crippen molar-refractivity contribution < 1.29 is 34.8 Å². The van der Waals surface area contributed by atoms with Gasteiger partial charge in [-0.15, -0.1) is 0 Å². The van der Waals surface area contributed by atoms with Crippen LogP contribution in [0.3, 0.4) is 0 Å². The molecule has 0 aliphatic heterocycles. The molecule has 0 aliphatic rings. The van der Waals surface area contributed by atoms with Crippen molar-refractivity contribution in [2.45, 2.75) is 39.7 Å². The molecule has 0 unspecified atom stereocenters. The van der Waals surface area contributed by atoms with Crippen molar-refractivity contribution >= 4 is 23.9 Å². The fourth-order valence-corrected chi connectivity index (χ4v) is 1.33. The van der Waals surface area contributed by atoms with Crippen LogP contribution in [-0.2, 0) is 28.6 Å². The van der Waals surface area contributed by atoms with E-state index in [1.807, 2.05) is 13.8 Å². The van der Waals surface area contributed by atoms with E-state index in [1.165, 1.54) is 7.11 Å². The number of hydrogen-bond acceptors (Lipinski definition) is 7. The van der Waals surface area contributed by atoms with E-state index in [9.17, 15) is 19.2 Å². The average Bonchev–Trinajstić information content (AvgIpc) is 2.57. The number of carbonyl (C=O) groups is 4. The molecule has 0 spiro atoms. The highest BCUT2D eigenvalue weighted by Crippen LogP contribution is 2.01. The Hall–Kier alpha value is -2.32. The summed E-state index contributed by atoms with van der Waals surface area (Å²) in [5, 5.41) is 4.53.